The van der Waals surface area contributed by atoms with Crippen LogP contribution < -0.4 is 5.32 Å². The maximum atomic E-state index is 12.9. The molecule has 0 aromatic carbocycles. The number of ether oxygens (including phenoxy) is 1. The van der Waals surface area contributed by atoms with Gasteiger partial charge in [-0.1, -0.05) is 6.92 Å². The van der Waals surface area contributed by atoms with Crippen molar-refractivity contribution < 1.29 is 9.53 Å². The molecule has 5 nitrogen and oxygen atoms in total. The van der Waals surface area contributed by atoms with Crippen molar-refractivity contribution in [3.05, 3.63) is 23.5 Å². The van der Waals surface area contributed by atoms with Crippen LogP contribution in [0.1, 0.15) is 43.2 Å². The molecule has 0 saturated carbocycles. The van der Waals surface area contributed by atoms with E-state index in [-0.39, 0.29) is 11.4 Å². The Morgan fingerprint density at radius 1 is 1.52 bits per heavy atom. The number of nitrogens with one attached hydrogen (secondary N) is 1. The first-order valence-corrected chi connectivity index (χ1v) is 7.56. The molecular formula is C16H25N3O2. The molecule has 2 rings (SSSR count). The van der Waals surface area contributed by atoms with Gasteiger partial charge >= 0.3 is 0 Å². The Morgan fingerprint density at radius 2 is 2.29 bits per heavy atom. The summed E-state index contributed by atoms with van der Waals surface area (Å²) in [5.41, 5.74) is 2.13. The summed E-state index contributed by atoms with van der Waals surface area (Å²) in [6.45, 7) is 10.7. The molecule has 1 aliphatic heterocycles. The first-order chi connectivity index (χ1) is 9.95. The van der Waals surface area contributed by atoms with E-state index >= 15 is 0 Å². The molecule has 21 heavy (non-hydrogen) atoms. The van der Waals surface area contributed by atoms with Crippen molar-refractivity contribution in [2.75, 3.05) is 31.6 Å². The highest BCUT2D eigenvalue weighted by molar-refractivity contribution is 5.99. The van der Waals surface area contributed by atoms with Gasteiger partial charge in [0.15, 0.2) is 0 Å². The highest BCUT2D eigenvalue weighted by Crippen LogP contribution is 2.25. The minimum absolute atomic E-state index is 0.0226. The molecule has 0 aliphatic carbocycles. The van der Waals surface area contributed by atoms with E-state index in [4.69, 9.17) is 4.74 Å². The van der Waals surface area contributed by atoms with E-state index in [1.165, 1.54) is 0 Å². The molecule has 1 N–H and O–H groups in total. The van der Waals surface area contributed by atoms with Crippen molar-refractivity contribution in [1.82, 2.24) is 9.88 Å². The number of rotatable bonds is 4. The lowest BCUT2D eigenvalue weighted by molar-refractivity contribution is -0.0370. The quantitative estimate of drug-likeness (QED) is 0.926. The lowest BCUT2D eigenvalue weighted by Crippen LogP contribution is -2.55. The van der Waals surface area contributed by atoms with Gasteiger partial charge in [0, 0.05) is 25.0 Å². The summed E-state index contributed by atoms with van der Waals surface area (Å²) in [5, 5.41) is 3.33. The van der Waals surface area contributed by atoms with Crippen molar-refractivity contribution >= 4 is 11.6 Å². The summed E-state index contributed by atoms with van der Waals surface area (Å²) in [6, 6.07) is 1.94. The van der Waals surface area contributed by atoms with Crippen LogP contribution in [0.3, 0.4) is 0 Å². The molecule has 1 fully saturated rings. The van der Waals surface area contributed by atoms with Gasteiger partial charge in [-0.3, -0.25) is 9.78 Å². The number of carbonyl (C=O) groups excluding carboxylic acids is 1. The molecule has 0 unspecified atom stereocenters. The third-order valence-electron chi connectivity index (χ3n) is 3.73. The molecular weight excluding hydrogens is 266 g/mol. The zero-order valence-corrected chi connectivity index (χ0v) is 13.4. The van der Waals surface area contributed by atoms with E-state index in [1.54, 1.807) is 6.20 Å². The summed E-state index contributed by atoms with van der Waals surface area (Å²) < 4.78 is 5.49. The van der Waals surface area contributed by atoms with Gasteiger partial charge in [-0.25, -0.2) is 0 Å². The second kappa shape index (κ2) is 6.43. The van der Waals surface area contributed by atoms with Crippen LogP contribution in [0.2, 0.25) is 0 Å². The monoisotopic (exact) mass is 291 g/mol. The summed E-state index contributed by atoms with van der Waals surface area (Å²) in [7, 11) is 0. The fourth-order valence-corrected chi connectivity index (χ4v) is 2.52. The third kappa shape index (κ3) is 3.53. The average Bonchev–Trinajstić information content (AvgIpc) is 2.44. The van der Waals surface area contributed by atoms with Crippen molar-refractivity contribution in [3.63, 3.8) is 0 Å². The predicted molar refractivity (Wildman–Crippen MR) is 83.7 cm³/mol. The largest absolute Gasteiger partial charge is 0.384 e. The zero-order valence-electron chi connectivity index (χ0n) is 13.4. The number of nitrogens with zero attached hydrogens (tertiary/aromatic N) is 2. The van der Waals surface area contributed by atoms with E-state index in [0.717, 1.165) is 24.3 Å². The lowest BCUT2D eigenvalue weighted by Gasteiger charge is -2.42. The van der Waals surface area contributed by atoms with Crippen molar-refractivity contribution in [3.8, 4) is 0 Å². The first kappa shape index (κ1) is 15.8. The topological polar surface area (TPSA) is 54.5 Å². The second-order valence-electron chi connectivity index (χ2n) is 6.12. The van der Waals surface area contributed by atoms with Crippen LogP contribution in [0.5, 0.6) is 0 Å². The van der Waals surface area contributed by atoms with E-state index in [2.05, 4.69) is 17.2 Å². The molecule has 1 aromatic heterocycles. The van der Waals surface area contributed by atoms with Crippen LogP contribution in [-0.2, 0) is 4.74 Å². The van der Waals surface area contributed by atoms with Crippen LogP contribution in [0.25, 0.3) is 0 Å². The van der Waals surface area contributed by atoms with Crippen molar-refractivity contribution in [1.29, 1.82) is 0 Å². The van der Waals surface area contributed by atoms with Gasteiger partial charge in [-0.05, 0) is 33.3 Å². The molecule has 1 aliphatic rings. The van der Waals surface area contributed by atoms with Crippen LogP contribution in [0, 0.1) is 6.92 Å². The standard InChI is InChI=1S/C16H25N3O2/c1-5-6-17-14-9-12(2)18-10-13(14)15(20)19-7-8-21-11-16(19,3)4/h9-10H,5-8,11H2,1-4H3,(H,17,18). The van der Waals surface area contributed by atoms with Crippen LogP contribution in [-0.4, -0.2) is 47.6 Å². The fraction of sp³-hybridized carbons (Fsp3) is 0.625. The normalized spacial score (nSPS) is 17.6. The number of anilines is 1. The molecule has 0 atom stereocenters. The van der Waals surface area contributed by atoms with Crippen molar-refractivity contribution in [2.24, 2.45) is 0 Å². The Morgan fingerprint density at radius 3 is 2.95 bits per heavy atom. The highest BCUT2D eigenvalue weighted by Gasteiger charge is 2.35. The number of hydrogen-bond donors (Lipinski definition) is 1. The summed E-state index contributed by atoms with van der Waals surface area (Å²) in [5.74, 6) is 0.0226. The van der Waals surface area contributed by atoms with E-state index in [0.29, 0.717) is 25.3 Å². The van der Waals surface area contributed by atoms with Gasteiger partial charge < -0.3 is 15.0 Å². The Labute approximate surface area is 126 Å². The maximum Gasteiger partial charge on any atom is 0.258 e. The highest BCUT2D eigenvalue weighted by atomic mass is 16.5. The minimum Gasteiger partial charge on any atom is -0.384 e. The molecule has 0 radical (unpaired) electrons. The number of hydrogen-bond acceptors (Lipinski definition) is 4. The first-order valence-electron chi connectivity index (χ1n) is 7.56. The van der Waals surface area contributed by atoms with E-state index < -0.39 is 0 Å². The molecule has 0 bridgehead atoms. The Balaban J connectivity index is 2.29. The van der Waals surface area contributed by atoms with Crippen LogP contribution in [0.4, 0.5) is 5.69 Å². The molecule has 1 amide bonds. The molecule has 1 aromatic rings. The SMILES string of the molecule is CCCNc1cc(C)ncc1C(=O)N1CCOCC1(C)C. The smallest absolute Gasteiger partial charge is 0.258 e. The maximum absolute atomic E-state index is 12.9. The van der Waals surface area contributed by atoms with Gasteiger partial charge in [-0.2, -0.15) is 0 Å². The van der Waals surface area contributed by atoms with Crippen LogP contribution >= 0.6 is 0 Å². The predicted octanol–water partition coefficient (Wildman–Crippen LogP) is 2.46. The fourth-order valence-electron chi connectivity index (χ4n) is 2.52. The third-order valence-corrected chi connectivity index (χ3v) is 3.73. The average molecular weight is 291 g/mol. The lowest BCUT2D eigenvalue weighted by atomic mass is 10.0. The number of aromatic nitrogens is 1. The van der Waals surface area contributed by atoms with Crippen LogP contribution in [0.15, 0.2) is 12.3 Å². The second-order valence-corrected chi connectivity index (χ2v) is 6.12. The zero-order chi connectivity index (χ0) is 15.5. The number of carbonyl (C=O) groups is 1. The Hall–Kier alpha value is -1.62. The minimum atomic E-state index is -0.289. The molecule has 2 heterocycles. The molecule has 1 saturated heterocycles. The van der Waals surface area contributed by atoms with Gasteiger partial charge in [0.2, 0.25) is 0 Å². The number of aryl methyl sites for hydroxylation is 1. The summed E-state index contributed by atoms with van der Waals surface area (Å²) in [4.78, 5) is 19.1. The Kier molecular flexibility index (Phi) is 4.83. The summed E-state index contributed by atoms with van der Waals surface area (Å²) >= 11 is 0. The van der Waals surface area contributed by atoms with Gasteiger partial charge in [0.25, 0.3) is 5.91 Å². The van der Waals surface area contributed by atoms with Crippen molar-refractivity contribution in [2.45, 2.75) is 39.7 Å². The number of amides is 1. The Bertz CT molecular complexity index is 514. The molecule has 116 valence electrons. The number of pyridine rings is 1. The van der Waals surface area contributed by atoms with Gasteiger partial charge in [0.1, 0.15) is 0 Å². The van der Waals surface area contributed by atoms with E-state index in [9.17, 15) is 4.79 Å². The van der Waals surface area contributed by atoms with E-state index in [1.807, 2.05) is 31.7 Å². The summed E-state index contributed by atoms with van der Waals surface area (Å²) in [6.07, 6.45) is 2.69. The van der Waals surface area contributed by atoms with Gasteiger partial charge in [-0.15, -0.1) is 0 Å². The number of morpholine rings is 1. The molecule has 0 spiro atoms. The molecule has 5 heteroatoms. The van der Waals surface area contributed by atoms with Gasteiger partial charge in [0.05, 0.1) is 30.0 Å².